The van der Waals surface area contributed by atoms with E-state index in [2.05, 4.69) is 10.3 Å². The van der Waals surface area contributed by atoms with E-state index in [9.17, 15) is 14.5 Å². The Balaban J connectivity index is 2.30. The van der Waals surface area contributed by atoms with Crippen molar-refractivity contribution in [2.45, 2.75) is 6.92 Å². The summed E-state index contributed by atoms with van der Waals surface area (Å²) in [6.07, 6.45) is 1.14. The molecule has 0 saturated heterocycles. The molecule has 6 nitrogen and oxygen atoms in total. The zero-order chi connectivity index (χ0) is 14.7. The molecule has 0 aliphatic carbocycles. The van der Waals surface area contributed by atoms with Crippen LogP contribution in [0.2, 0.25) is 0 Å². The lowest BCUT2D eigenvalue weighted by atomic mass is 10.2. The summed E-state index contributed by atoms with van der Waals surface area (Å²) < 4.78 is 18.3. The first-order valence-electron chi connectivity index (χ1n) is 5.72. The number of benzene rings is 1. The molecule has 1 N–H and O–H groups in total. The fourth-order valence-electron chi connectivity index (χ4n) is 1.68. The number of hydrogen-bond acceptors (Lipinski definition) is 5. The van der Waals surface area contributed by atoms with Gasteiger partial charge in [-0.1, -0.05) is 0 Å². The quantitative estimate of drug-likeness (QED) is 0.686. The summed E-state index contributed by atoms with van der Waals surface area (Å²) in [5.41, 5.74) is 0.943. The van der Waals surface area contributed by atoms with Gasteiger partial charge in [0.25, 0.3) is 5.69 Å². The van der Waals surface area contributed by atoms with Crippen LogP contribution in [0.3, 0.4) is 0 Å². The molecule has 7 heteroatoms. The van der Waals surface area contributed by atoms with Gasteiger partial charge < -0.3 is 10.1 Å². The molecule has 104 valence electrons. The van der Waals surface area contributed by atoms with E-state index >= 15 is 0 Å². The van der Waals surface area contributed by atoms with Gasteiger partial charge in [0.2, 0.25) is 0 Å². The van der Waals surface area contributed by atoms with Gasteiger partial charge in [-0.25, -0.2) is 9.37 Å². The summed E-state index contributed by atoms with van der Waals surface area (Å²) in [5.74, 6) is 0.335. The van der Waals surface area contributed by atoms with Crippen LogP contribution in [0.5, 0.6) is 5.75 Å². The topological polar surface area (TPSA) is 77.3 Å². The number of nitrogens with zero attached hydrogens (tertiary/aromatic N) is 2. The Labute approximate surface area is 114 Å². The average molecular weight is 277 g/mol. The molecule has 2 rings (SSSR count). The van der Waals surface area contributed by atoms with Crippen LogP contribution in [0, 0.1) is 22.9 Å². The predicted octanol–water partition coefficient (Wildman–Crippen LogP) is 3.19. The van der Waals surface area contributed by atoms with E-state index in [0.717, 1.165) is 6.20 Å². The van der Waals surface area contributed by atoms with Crippen molar-refractivity contribution in [3.05, 3.63) is 52.0 Å². The molecule has 0 unspecified atom stereocenters. The monoisotopic (exact) mass is 277 g/mol. The zero-order valence-electron chi connectivity index (χ0n) is 10.9. The van der Waals surface area contributed by atoms with Crippen molar-refractivity contribution >= 4 is 17.2 Å². The van der Waals surface area contributed by atoms with E-state index < -0.39 is 10.7 Å². The van der Waals surface area contributed by atoms with E-state index in [1.165, 1.54) is 25.3 Å². The number of anilines is 2. The van der Waals surface area contributed by atoms with Gasteiger partial charge in [-0.2, -0.15) is 0 Å². The molecule has 0 atom stereocenters. The molecule has 0 fully saturated rings. The molecular formula is C13H12FN3O3. The number of hydrogen-bond donors (Lipinski definition) is 1. The van der Waals surface area contributed by atoms with E-state index in [4.69, 9.17) is 4.74 Å². The van der Waals surface area contributed by atoms with Gasteiger partial charge >= 0.3 is 0 Å². The van der Waals surface area contributed by atoms with Gasteiger partial charge in [0.05, 0.1) is 12.0 Å². The van der Waals surface area contributed by atoms with Crippen LogP contribution in [-0.4, -0.2) is 17.0 Å². The number of ether oxygens (including phenoxy) is 1. The first-order chi connectivity index (χ1) is 9.49. The van der Waals surface area contributed by atoms with Crippen molar-refractivity contribution in [2.75, 3.05) is 12.4 Å². The molecule has 0 bridgehead atoms. The highest BCUT2D eigenvalue weighted by atomic mass is 19.1. The van der Waals surface area contributed by atoms with Crippen molar-refractivity contribution in [3.8, 4) is 5.75 Å². The Hall–Kier alpha value is -2.70. The molecule has 0 radical (unpaired) electrons. The lowest BCUT2D eigenvalue weighted by Crippen LogP contribution is -1.99. The Kier molecular flexibility index (Phi) is 3.79. The molecular weight excluding hydrogens is 265 g/mol. The fourth-order valence-corrected chi connectivity index (χ4v) is 1.68. The predicted molar refractivity (Wildman–Crippen MR) is 71.9 cm³/mol. The van der Waals surface area contributed by atoms with Gasteiger partial charge in [0.1, 0.15) is 23.6 Å². The maximum Gasteiger partial charge on any atom is 0.287 e. The number of methoxy groups -OCH3 is 1. The van der Waals surface area contributed by atoms with Gasteiger partial charge in [-0.05, 0) is 18.6 Å². The highest BCUT2D eigenvalue weighted by Gasteiger charge is 2.10. The normalized spacial score (nSPS) is 10.2. The lowest BCUT2D eigenvalue weighted by molar-refractivity contribution is -0.385. The van der Waals surface area contributed by atoms with Gasteiger partial charge in [0, 0.05) is 23.9 Å². The second-order valence-electron chi connectivity index (χ2n) is 4.12. The van der Waals surface area contributed by atoms with Crippen LogP contribution >= 0.6 is 0 Å². The maximum absolute atomic E-state index is 13.4. The minimum atomic E-state index is -0.519. The molecule has 0 aliphatic heterocycles. The molecule has 0 spiro atoms. The van der Waals surface area contributed by atoms with Crippen molar-refractivity contribution in [2.24, 2.45) is 0 Å². The number of aryl methyl sites for hydroxylation is 1. The van der Waals surface area contributed by atoms with Crippen LogP contribution in [0.4, 0.5) is 21.6 Å². The summed E-state index contributed by atoms with van der Waals surface area (Å²) >= 11 is 0. The molecule has 20 heavy (non-hydrogen) atoms. The lowest BCUT2D eigenvalue weighted by Gasteiger charge is -2.09. The van der Waals surface area contributed by atoms with Crippen molar-refractivity contribution < 1.29 is 14.1 Å². The summed E-state index contributed by atoms with van der Waals surface area (Å²) in [6.45, 7) is 1.68. The molecule has 2 aromatic rings. The average Bonchev–Trinajstić information content (AvgIpc) is 2.40. The third-order valence-electron chi connectivity index (χ3n) is 2.64. The number of nitrogens with one attached hydrogen (secondary N) is 1. The van der Waals surface area contributed by atoms with E-state index in [1.807, 2.05) is 0 Å². The number of pyridine rings is 1. The van der Waals surface area contributed by atoms with Crippen molar-refractivity contribution in [3.63, 3.8) is 0 Å². The number of halogens is 1. The van der Waals surface area contributed by atoms with E-state index in [0.29, 0.717) is 22.8 Å². The Morgan fingerprint density at radius 1 is 1.35 bits per heavy atom. The Morgan fingerprint density at radius 3 is 2.70 bits per heavy atom. The zero-order valence-corrected chi connectivity index (χ0v) is 10.9. The third-order valence-corrected chi connectivity index (χ3v) is 2.64. The van der Waals surface area contributed by atoms with Crippen LogP contribution < -0.4 is 10.1 Å². The summed E-state index contributed by atoms with van der Waals surface area (Å²) in [4.78, 5) is 14.1. The molecule has 1 aromatic heterocycles. The highest BCUT2D eigenvalue weighted by Crippen LogP contribution is 2.25. The van der Waals surface area contributed by atoms with Crippen LogP contribution in [0.25, 0.3) is 0 Å². The minimum Gasteiger partial charge on any atom is -0.497 e. The van der Waals surface area contributed by atoms with Crippen LogP contribution in [0.1, 0.15) is 5.56 Å². The van der Waals surface area contributed by atoms with Crippen molar-refractivity contribution in [1.82, 2.24) is 4.98 Å². The van der Waals surface area contributed by atoms with Crippen LogP contribution in [-0.2, 0) is 0 Å². The molecule has 0 amide bonds. The number of aromatic nitrogens is 1. The Morgan fingerprint density at radius 2 is 2.10 bits per heavy atom. The molecule has 1 aromatic carbocycles. The first-order valence-corrected chi connectivity index (χ1v) is 5.72. The minimum absolute atomic E-state index is 0.0927. The van der Waals surface area contributed by atoms with Crippen LogP contribution in [0.15, 0.2) is 30.5 Å². The van der Waals surface area contributed by atoms with E-state index in [-0.39, 0.29) is 5.69 Å². The van der Waals surface area contributed by atoms with Gasteiger partial charge in [-0.15, -0.1) is 0 Å². The Bertz CT molecular complexity index is 661. The molecule has 0 aliphatic rings. The largest absolute Gasteiger partial charge is 0.497 e. The third kappa shape index (κ3) is 3.00. The molecule has 1 heterocycles. The first kappa shape index (κ1) is 13.7. The fraction of sp³-hybridized carbons (Fsp3) is 0.154. The van der Waals surface area contributed by atoms with E-state index in [1.54, 1.807) is 13.0 Å². The summed E-state index contributed by atoms with van der Waals surface area (Å²) in [5, 5.41) is 13.5. The standard InChI is InChI=1S/C13H12FN3O3/c1-8-3-11(17(18)19)7-15-13(8)16-10-4-9(14)5-12(6-10)20-2/h3-7H,1-2H3,(H,15,16). The second-order valence-corrected chi connectivity index (χ2v) is 4.12. The highest BCUT2D eigenvalue weighted by molar-refractivity contribution is 5.62. The maximum atomic E-state index is 13.4. The SMILES string of the molecule is COc1cc(F)cc(Nc2ncc([N+](=O)[O-])cc2C)c1. The smallest absolute Gasteiger partial charge is 0.287 e. The number of rotatable bonds is 4. The molecule has 0 saturated carbocycles. The summed E-state index contributed by atoms with van der Waals surface area (Å²) in [6, 6.07) is 5.53. The van der Waals surface area contributed by atoms with Crippen molar-refractivity contribution in [1.29, 1.82) is 0 Å². The van der Waals surface area contributed by atoms with Gasteiger partial charge in [0.15, 0.2) is 0 Å². The second kappa shape index (κ2) is 5.52. The van der Waals surface area contributed by atoms with Gasteiger partial charge in [-0.3, -0.25) is 10.1 Å². The summed E-state index contributed by atoms with van der Waals surface area (Å²) in [7, 11) is 1.44. The number of nitro groups is 1.